The zero-order valence-electron chi connectivity index (χ0n) is 10.4. The summed E-state index contributed by atoms with van der Waals surface area (Å²) >= 11 is 5.84. The first-order chi connectivity index (χ1) is 8.28. The summed E-state index contributed by atoms with van der Waals surface area (Å²) in [6.07, 6.45) is 2.70. The lowest BCUT2D eigenvalue weighted by atomic mass is 10.2. The first-order valence-corrected chi connectivity index (χ1v) is 6.34. The van der Waals surface area contributed by atoms with E-state index in [-0.39, 0.29) is 24.0 Å². The van der Waals surface area contributed by atoms with E-state index >= 15 is 0 Å². The van der Waals surface area contributed by atoms with E-state index in [1.807, 2.05) is 24.3 Å². The third-order valence-corrected chi connectivity index (χ3v) is 3.10. The van der Waals surface area contributed by atoms with Crippen molar-refractivity contribution in [2.45, 2.75) is 19.4 Å². The molecule has 2 N–H and O–H groups in total. The van der Waals surface area contributed by atoms with Crippen molar-refractivity contribution >= 4 is 41.5 Å². The Labute approximate surface area is 130 Å². The lowest BCUT2D eigenvalue weighted by Crippen LogP contribution is -2.37. The topological polar surface area (TPSA) is 36.4 Å². The zero-order valence-corrected chi connectivity index (χ0v) is 13.5. The fourth-order valence-electron chi connectivity index (χ4n) is 1.57. The van der Waals surface area contributed by atoms with Gasteiger partial charge in [0.15, 0.2) is 5.96 Å². The summed E-state index contributed by atoms with van der Waals surface area (Å²) in [5.74, 6) is 1.72. The van der Waals surface area contributed by atoms with Gasteiger partial charge in [-0.05, 0) is 36.5 Å². The van der Waals surface area contributed by atoms with Crippen molar-refractivity contribution in [3.05, 3.63) is 34.9 Å². The first kappa shape index (κ1) is 15.6. The van der Waals surface area contributed by atoms with Crippen molar-refractivity contribution in [2.75, 3.05) is 13.6 Å². The highest BCUT2D eigenvalue weighted by Gasteiger charge is 2.20. The van der Waals surface area contributed by atoms with Crippen LogP contribution in [0.1, 0.15) is 18.4 Å². The molecule has 2 rings (SSSR count). The minimum Gasteiger partial charge on any atom is -0.356 e. The standard InChI is InChI=1S/C13H18ClN3.HI/c1-15-13(16-8-10-2-3-10)17-9-11-4-6-12(14)7-5-11;/h4-7,10H,2-3,8-9H2,1H3,(H2,15,16,17);1H. The van der Waals surface area contributed by atoms with Gasteiger partial charge in [0.2, 0.25) is 0 Å². The van der Waals surface area contributed by atoms with Crippen LogP contribution in [-0.4, -0.2) is 19.6 Å². The minimum absolute atomic E-state index is 0. The maximum atomic E-state index is 5.84. The molecular weight excluding hydrogens is 361 g/mol. The molecule has 3 nitrogen and oxygen atoms in total. The molecule has 0 radical (unpaired) electrons. The highest BCUT2D eigenvalue weighted by atomic mass is 127. The summed E-state index contributed by atoms with van der Waals surface area (Å²) in [5, 5.41) is 7.38. The Morgan fingerprint density at radius 1 is 1.28 bits per heavy atom. The molecule has 0 amide bonds. The number of aliphatic imine (C=N–C) groups is 1. The van der Waals surface area contributed by atoms with E-state index in [9.17, 15) is 0 Å². The van der Waals surface area contributed by atoms with E-state index < -0.39 is 0 Å². The Morgan fingerprint density at radius 3 is 2.50 bits per heavy atom. The van der Waals surface area contributed by atoms with E-state index in [0.29, 0.717) is 0 Å². The van der Waals surface area contributed by atoms with Gasteiger partial charge in [0, 0.05) is 25.2 Å². The van der Waals surface area contributed by atoms with Gasteiger partial charge in [-0.3, -0.25) is 4.99 Å². The van der Waals surface area contributed by atoms with Gasteiger partial charge in [0.25, 0.3) is 0 Å². The van der Waals surface area contributed by atoms with Crippen LogP contribution in [0.5, 0.6) is 0 Å². The molecule has 1 aliphatic rings. The Balaban J connectivity index is 0.00000162. The number of nitrogens with one attached hydrogen (secondary N) is 2. The van der Waals surface area contributed by atoms with Gasteiger partial charge in [0.1, 0.15) is 0 Å². The number of hydrogen-bond donors (Lipinski definition) is 2. The molecule has 0 aromatic heterocycles. The molecule has 5 heteroatoms. The molecule has 0 atom stereocenters. The molecule has 1 saturated carbocycles. The van der Waals surface area contributed by atoms with E-state index in [1.54, 1.807) is 7.05 Å². The first-order valence-electron chi connectivity index (χ1n) is 5.97. The average molecular weight is 380 g/mol. The molecule has 1 fully saturated rings. The molecule has 1 aromatic carbocycles. The fraction of sp³-hybridized carbons (Fsp3) is 0.462. The highest BCUT2D eigenvalue weighted by Crippen LogP contribution is 2.27. The molecule has 0 aliphatic heterocycles. The van der Waals surface area contributed by atoms with Crippen LogP contribution in [0.25, 0.3) is 0 Å². The normalized spacial score (nSPS) is 14.9. The molecule has 0 heterocycles. The number of halogens is 2. The van der Waals surface area contributed by atoms with E-state index in [2.05, 4.69) is 15.6 Å². The van der Waals surface area contributed by atoms with Crippen molar-refractivity contribution in [3.63, 3.8) is 0 Å². The quantitative estimate of drug-likeness (QED) is 0.479. The number of hydrogen-bond acceptors (Lipinski definition) is 1. The maximum absolute atomic E-state index is 5.84. The number of benzene rings is 1. The predicted octanol–water partition coefficient (Wildman–Crippen LogP) is 3.03. The monoisotopic (exact) mass is 379 g/mol. The summed E-state index contributed by atoms with van der Waals surface area (Å²) in [4.78, 5) is 4.19. The predicted molar refractivity (Wildman–Crippen MR) is 87.8 cm³/mol. The Hall–Kier alpha value is -0.490. The van der Waals surface area contributed by atoms with Gasteiger partial charge in [-0.25, -0.2) is 0 Å². The van der Waals surface area contributed by atoms with Gasteiger partial charge in [0.05, 0.1) is 0 Å². The smallest absolute Gasteiger partial charge is 0.191 e. The molecule has 1 aromatic rings. The van der Waals surface area contributed by atoms with Gasteiger partial charge in [-0.2, -0.15) is 0 Å². The lowest BCUT2D eigenvalue weighted by Gasteiger charge is -2.11. The largest absolute Gasteiger partial charge is 0.356 e. The second-order valence-corrected chi connectivity index (χ2v) is 4.81. The SMILES string of the molecule is CN=C(NCc1ccc(Cl)cc1)NCC1CC1.I. The minimum atomic E-state index is 0. The van der Waals surface area contributed by atoms with Crippen molar-refractivity contribution in [1.82, 2.24) is 10.6 Å². The van der Waals surface area contributed by atoms with Crippen molar-refractivity contribution in [1.29, 1.82) is 0 Å². The van der Waals surface area contributed by atoms with Gasteiger partial charge < -0.3 is 10.6 Å². The van der Waals surface area contributed by atoms with Crippen LogP contribution in [0.3, 0.4) is 0 Å². The number of guanidine groups is 1. The van der Waals surface area contributed by atoms with Crippen LogP contribution in [0.2, 0.25) is 5.02 Å². The summed E-state index contributed by atoms with van der Waals surface area (Å²) in [6, 6.07) is 7.84. The van der Waals surface area contributed by atoms with Crippen LogP contribution in [0.4, 0.5) is 0 Å². The average Bonchev–Trinajstić information content (AvgIpc) is 3.15. The molecule has 0 saturated heterocycles. The Kier molecular flexibility index (Phi) is 6.78. The summed E-state index contributed by atoms with van der Waals surface area (Å²) < 4.78 is 0. The lowest BCUT2D eigenvalue weighted by molar-refractivity contribution is 0.737. The second kappa shape index (κ2) is 7.84. The van der Waals surface area contributed by atoms with Crippen LogP contribution in [-0.2, 0) is 6.54 Å². The number of rotatable bonds is 4. The molecule has 0 unspecified atom stereocenters. The molecule has 1 aliphatic carbocycles. The van der Waals surface area contributed by atoms with E-state index in [0.717, 1.165) is 30.0 Å². The molecule has 0 bridgehead atoms. The van der Waals surface area contributed by atoms with Crippen molar-refractivity contribution in [3.8, 4) is 0 Å². The number of nitrogens with zero attached hydrogens (tertiary/aromatic N) is 1. The third-order valence-electron chi connectivity index (χ3n) is 2.85. The molecule has 18 heavy (non-hydrogen) atoms. The van der Waals surface area contributed by atoms with Crippen LogP contribution in [0, 0.1) is 5.92 Å². The summed E-state index contributed by atoms with van der Waals surface area (Å²) in [6.45, 7) is 1.79. The highest BCUT2D eigenvalue weighted by molar-refractivity contribution is 14.0. The van der Waals surface area contributed by atoms with Gasteiger partial charge >= 0.3 is 0 Å². The molecule has 0 spiro atoms. The van der Waals surface area contributed by atoms with Crippen LogP contribution >= 0.6 is 35.6 Å². The van der Waals surface area contributed by atoms with Crippen molar-refractivity contribution in [2.24, 2.45) is 10.9 Å². The summed E-state index contributed by atoms with van der Waals surface area (Å²) in [5.41, 5.74) is 1.20. The van der Waals surface area contributed by atoms with Crippen molar-refractivity contribution < 1.29 is 0 Å². The maximum Gasteiger partial charge on any atom is 0.191 e. The van der Waals surface area contributed by atoms with Crippen LogP contribution in [0.15, 0.2) is 29.3 Å². The summed E-state index contributed by atoms with van der Waals surface area (Å²) in [7, 11) is 1.80. The van der Waals surface area contributed by atoms with E-state index in [1.165, 1.54) is 18.4 Å². The Bertz CT molecular complexity index is 388. The Morgan fingerprint density at radius 2 is 1.94 bits per heavy atom. The molecular formula is C13H19ClIN3. The molecule has 100 valence electrons. The van der Waals surface area contributed by atoms with Gasteiger partial charge in [-0.15, -0.1) is 24.0 Å². The van der Waals surface area contributed by atoms with Gasteiger partial charge in [-0.1, -0.05) is 23.7 Å². The fourth-order valence-corrected chi connectivity index (χ4v) is 1.70. The van der Waals surface area contributed by atoms with Crippen LogP contribution < -0.4 is 10.6 Å². The second-order valence-electron chi connectivity index (χ2n) is 4.38. The van der Waals surface area contributed by atoms with E-state index in [4.69, 9.17) is 11.6 Å². The third kappa shape index (κ3) is 5.44. The zero-order chi connectivity index (χ0) is 12.1.